The molecule has 1 rings (SSSR count). The van der Waals surface area contributed by atoms with E-state index in [9.17, 15) is 0 Å². The molecule has 6 heavy (non-hydrogen) atoms. The van der Waals surface area contributed by atoms with Gasteiger partial charge in [-0.15, -0.1) is 0 Å². The van der Waals surface area contributed by atoms with Gasteiger partial charge in [-0.1, -0.05) is 0 Å². The van der Waals surface area contributed by atoms with E-state index in [1.165, 1.54) is 0 Å². The van der Waals surface area contributed by atoms with Crippen LogP contribution < -0.4 is 0 Å². The van der Waals surface area contributed by atoms with Crippen LogP contribution in [0.2, 0.25) is 0 Å². The van der Waals surface area contributed by atoms with Crippen LogP contribution in [-0.4, -0.2) is 16.8 Å². The van der Waals surface area contributed by atoms with Gasteiger partial charge in [0.15, 0.2) is 0 Å². The summed E-state index contributed by atoms with van der Waals surface area (Å²) in [7, 11) is 0. The molecule has 3 heteroatoms. The molecule has 0 unspecified atom stereocenters. The summed E-state index contributed by atoms with van der Waals surface area (Å²) in [6.45, 7) is 3.71. The zero-order valence-corrected chi connectivity index (χ0v) is 3.32. The van der Waals surface area contributed by atoms with Gasteiger partial charge >= 0.3 is 0 Å². The van der Waals surface area contributed by atoms with E-state index in [-0.39, 0.29) is 16.8 Å². The zero-order valence-electron chi connectivity index (χ0n) is 3.32. The van der Waals surface area contributed by atoms with Crippen LogP contribution in [0.25, 0.3) is 0 Å². The molecule has 0 aliphatic carbocycles. The number of hydrogen-bond acceptors (Lipinski definition) is 2. The Hall–Kier alpha value is 0.137. The van der Waals surface area contributed by atoms with Crippen LogP contribution in [0, 0.1) is 0 Å². The van der Waals surface area contributed by atoms with Gasteiger partial charge in [-0.05, 0) is 24.8 Å². The van der Waals surface area contributed by atoms with Gasteiger partial charge in [0, 0.05) is 0 Å². The third kappa shape index (κ3) is 1.54. The van der Waals surface area contributed by atoms with Crippen molar-refractivity contribution in [3.8, 4) is 0 Å². The molecule has 0 radical (unpaired) electrons. The maximum absolute atomic E-state index is 4.40. The second-order valence-corrected chi connectivity index (χ2v) is 1.57. The summed E-state index contributed by atoms with van der Waals surface area (Å²) in [6.07, 6.45) is 0. The molecule has 0 N–H and O–H groups in total. The van der Waals surface area contributed by atoms with Crippen LogP contribution in [-0.2, 0) is 9.78 Å². The molecule has 1 aliphatic heterocycles. The molecule has 0 bridgehead atoms. The number of rotatable bonds is 0. The lowest BCUT2D eigenvalue weighted by molar-refractivity contribution is 0.0850. The van der Waals surface area contributed by atoms with E-state index in [0.29, 0.717) is 0 Å². The number of hydrogen-bond donors (Lipinski definition) is 0. The lowest BCUT2D eigenvalue weighted by Crippen LogP contribution is -1.89. The van der Waals surface area contributed by atoms with Gasteiger partial charge in [-0.2, -0.15) is 9.78 Å². The fourth-order valence-corrected chi connectivity index (χ4v) is 0.0833. The van der Waals surface area contributed by atoms with Crippen molar-refractivity contribution in [1.29, 1.82) is 0 Å². The molecule has 1 saturated heterocycles. The molecule has 0 aromatic heterocycles. The molecule has 0 saturated carbocycles. The van der Waals surface area contributed by atoms with Crippen LogP contribution in [0.4, 0.5) is 0 Å². The van der Waals surface area contributed by atoms with E-state index in [2.05, 4.69) is 9.78 Å². The summed E-state index contributed by atoms with van der Waals surface area (Å²) in [5.41, 5.74) is 0. The van der Waals surface area contributed by atoms with Gasteiger partial charge in [0.1, 0.15) is 0 Å². The summed E-state index contributed by atoms with van der Waals surface area (Å²) < 4.78 is 0. The first kappa shape index (κ1) is 6.14. The Labute approximate surface area is 41.4 Å². The lowest BCUT2D eigenvalue weighted by atomic mass is 10.4. The second kappa shape index (κ2) is 1.33. The summed E-state index contributed by atoms with van der Waals surface area (Å²) >= 11 is 0. The molecule has 1 aliphatic rings. The van der Waals surface area contributed by atoms with Crippen molar-refractivity contribution >= 4 is 11.0 Å². The predicted molar refractivity (Wildman–Crippen MR) is 27.6 cm³/mol. The first-order valence-electron chi connectivity index (χ1n) is 1.57. The molecular weight excluding hydrogens is 96.1 g/mol. The Bertz CT molecular complexity index is 46.8. The van der Waals surface area contributed by atoms with E-state index in [0.717, 1.165) is 0 Å². The summed E-state index contributed by atoms with van der Waals surface area (Å²) in [6, 6.07) is 0. The molecular formula is C3H10O2Si. The molecule has 2 nitrogen and oxygen atoms in total. The molecule has 0 aromatic rings. The van der Waals surface area contributed by atoms with Crippen molar-refractivity contribution in [3.05, 3.63) is 0 Å². The van der Waals surface area contributed by atoms with Crippen LogP contribution in [0.1, 0.15) is 13.8 Å². The van der Waals surface area contributed by atoms with Crippen LogP contribution >= 0.6 is 0 Å². The van der Waals surface area contributed by atoms with E-state index < -0.39 is 0 Å². The third-order valence-electron chi connectivity index (χ3n) is 0.417. The average molecular weight is 106 g/mol. The molecule has 1 heterocycles. The SMILES string of the molecule is CC1(C)OO1.[SiH4]. The molecule has 0 amide bonds. The minimum atomic E-state index is -0.250. The quantitative estimate of drug-likeness (QED) is 0.230. The molecule has 1 fully saturated rings. The zero-order chi connectivity index (χ0) is 3.91. The lowest BCUT2D eigenvalue weighted by Gasteiger charge is -1.72. The van der Waals surface area contributed by atoms with Crippen LogP contribution in [0.5, 0.6) is 0 Å². The van der Waals surface area contributed by atoms with Crippen molar-refractivity contribution in [1.82, 2.24) is 0 Å². The van der Waals surface area contributed by atoms with Crippen molar-refractivity contribution in [2.75, 3.05) is 0 Å². The van der Waals surface area contributed by atoms with E-state index in [1.807, 2.05) is 13.8 Å². The Morgan fingerprint density at radius 1 is 1.17 bits per heavy atom. The summed E-state index contributed by atoms with van der Waals surface area (Å²) in [5, 5.41) is 0. The maximum Gasteiger partial charge on any atom is 0.228 e. The first-order chi connectivity index (χ1) is 2.21. The molecule has 38 valence electrons. The van der Waals surface area contributed by atoms with Crippen LogP contribution in [0.15, 0.2) is 0 Å². The molecule has 0 aromatic carbocycles. The highest BCUT2D eigenvalue weighted by Crippen LogP contribution is 2.26. The van der Waals surface area contributed by atoms with Gasteiger partial charge in [0.25, 0.3) is 0 Å². The Balaban J connectivity index is 0.000000250. The van der Waals surface area contributed by atoms with Crippen molar-refractivity contribution in [2.24, 2.45) is 0 Å². The third-order valence-corrected chi connectivity index (χ3v) is 0.417. The predicted octanol–water partition coefficient (Wildman–Crippen LogP) is -0.767. The maximum atomic E-state index is 4.40. The van der Waals surface area contributed by atoms with Gasteiger partial charge in [0.2, 0.25) is 5.79 Å². The fourth-order valence-electron chi connectivity index (χ4n) is 0.0833. The van der Waals surface area contributed by atoms with E-state index in [4.69, 9.17) is 0 Å². The minimum Gasteiger partial charge on any atom is -0.196 e. The highest BCUT2D eigenvalue weighted by Gasteiger charge is 2.36. The smallest absolute Gasteiger partial charge is 0.196 e. The highest BCUT2D eigenvalue weighted by atomic mass is 28.1. The molecule has 0 atom stereocenters. The monoisotopic (exact) mass is 106 g/mol. The van der Waals surface area contributed by atoms with Gasteiger partial charge in [-0.25, -0.2) is 0 Å². The largest absolute Gasteiger partial charge is 0.228 e. The van der Waals surface area contributed by atoms with Crippen molar-refractivity contribution in [2.45, 2.75) is 19.6 Å². The van der Waals surface area contributed by atoms with Gasteiger partial charge in [0.05, 0.1) is 0 Å². The van der Waals surface area contributed by atoms with E-state index in [1.54, 1.807) is 0 Å². The van der Waals surface area contributed by atoms with Gasteiger partial charge < -0.3 is 0 Å². The second-order valence-electron chi connectivity index (χ2n) is 1.57. The topological polar surface area (TPSA) is 25.1 Å². The van der Waals surface area contributed by atoms with Crippen LogP contribution in [0.3, 0.4) is 0 Å². The van der Waals surface area contributed by atoms with Gasteiger partial charge in [-0.3, -0.25) is 0 Å². The Kier molecular flexibility index (Phi) is 1.36. The standard InChI is InChI=1S/C3H6O2.H4Si/c1-3(2)4-5-3;/h1-2H3;1H4. The van der Waals surface area contributed by atoms with E-state index >= 15 is 0 Å². The van der Waals surface area contributed by atoms with Crippen molar-refractivity contribution < 1.29 is 9.78 Å². The molecule has 0 spiro atoms. The first-order valence-corrected chi connectivity index (χ1v) is 1.57. The summed E-state index contributed by atoms with van der Waals surface area (Å²) in [5.74, 6) is -0.250. The Morgan fingerprint density at radius 2 is 1.33 bits per heavy atom. The average Bonchev–Trinajstić information content (AvgIpc) is 1.76. The highest BCUT2D eigenvalue weighted by molar-refractivity contribution is 5.75. The Morgan fingerprint density at radius 3 is 1.33 bits per heavy atom. The fraction of sp³-hybridized carbons (Fsp3) is 1.00. The summed E-state index contributed by atoms with van der Waals surface area (Å²) in [4.78, 5) is 8.79. The minimum absolute atomic E-state index is 0. The van der Waals surface area contributed by atoms with Crippen molar-refractivity contribution in [3.63, 3.8) is 0 Å². The normalized spacial score (nSPS) is 25.0.